The second kappa shape index (κ2) is 5.41. The van der Waals surface area contributed by atoms with Crippen molar-refractivity contribution in [2.45, 2.75) is 18.7 Å². The highest BCUT2D eigenvalue weighted by Crippen LogP contribution is 2.37. The molecule has 2 aromatic carbocycles. The van der Waals surface area contributed by atoms with E-state index in [2.05, 4.69) is 48.0 Å². The highest BCUT2D eigenvalue weighted by atomic mass is 79.9. The first-order valence-electron chi connectivity index (χ1n) is 5.65. The van der Waals surface area contributed by atoms with E-state index in [4.69, 9.17) is 11.6 Å². The molecule has 0 nitrogen and oxygen atoms in total. The van der Waals surface area contributed by atoms with Crippen molar-refractivity contribution in [2.24, 2.45) is 0 Å². The predicted molar refractivity (Wildman–Crippen MR) is 78.1 cm³/mol. The van der Waals surface area contributed by atoms with Gasteiger partial charge >= 0.3 is 0 Å². The monoisotopic (exact) mass is 326 g/mol. The van der Waals surface area contributed by atoms with Crippen molar-refractivity contribution in [3.05, 3.63) is 69.5 Å². The first-order valence-corrected chi connectivity index (χ1v) is 6.94. The van der Waals surface area contributed by atoms with Gasteiger partial charge < -0.3 is 0 Å². The van der Waals surface area contributed by atoms with Gasteiger partial charge in [-0.25, -0.2) is 4.39 Å². The van der Waals surface area contributed by atoms with Crippen molar-refractivity contribution < 1.29 is 4.39 Å². The molecule has 0 aliphatic heterocycles. The molecule has 0 saturated carbocycles. The van der Waals surface area contributed by atoms with Gasteiger partial charge in [-0.15, -0.1) is 0 Å². The van der Waals surface area contributed by atoms with Crippen LogP contribution in [0.15, 0.2) is 36.4 Å². The second-order valence-electron chi connectivity index (χ2n) is 4.39. The minimum Gasteiger partial charge on any atom is -0.207 e. The Morgan fingerprint density at radius 3 is 2.44 bits per heavy atom. The molecular weight excluding hydrogens is 315 g/mol. The number of benzene rings is 2. The molecule has 0 aromatic heterocycles. The first kappa shape index (κ1) is 13.6. The number of rotatable bonds is 2. The highest BCUT2D eigenvalue weighted by Gasteiger charge is 2.16. The molecule has 3 heteroatoms. The SMILES string of the molecule is Cc1ccc(C)c(C(Br)c2ccc(F)cc2Cl)c1. The van der Waals surface area contributed by atoms with E-state index in [1.54, 1.807) is 6.07 Å². The lowest BCUT2D eigenvalue weighted by molar-refractivity contribution is 0.627. The fourth-order valence-electron chi connectivity index (χ4n) is 1.91. The molecule has 2 aromatic rings. The van der Waals surface area contributed by atoms with Gasteiger partial charge in [0, 0.05) is 5.02 Å². The second-order valence-corrected chi connectivity index (χ2v) is 5.71. The number of alkyl halides is 1. The van der Waals surface area contributed by atoms with Gasteiger partial charge in [-0.1, -0.05) is 57.4 Å². The van der Waals surface area contributed by atoms with E-state index in [-0.39, 0.29) is 10.6 Å². The summed E-state index contributed by atoms with van der Waals surface area (Å²) in [4.78, 5) is -0.0227. The summed E-state index contributed by atoms with van der Waals surface area (Å²) in [5.74, 6) is -0.315. The topological polar surface area (TPSA) is 0 Å². The van der Waals surface area contributed by atoms with Gasteiger partial charge in [0.2, 0.25) is 0 Å². The van der Waals surface area contributed by atoms with Crippen LogP contribution in [0.25, 0.3) is 0 Å². The number of aryl methyl sites for hydroxylation is 2. The van der Waals surface area contributed by atoms with E-state index in [9.17, 15) is 4.39 Å². The fourth-order valence-corrected chi connectivity index (χ4v) is 3.21. The molecular formula is C15H13BrClF. The van der Waals surface area contributed by atoms with Gasteiger partial charge in [-0.3, -0.25) is 0 Å². The van der Waals surface area contributed by atoms with Crippen LogP contribution in [0.5, 0.6) is 0 Å². The molecule has 0 spiro atoms. The minimum absolute atomic E-state index is 0.0227. The van der Waals surface area contributed by atoms with Crippen LogP contribution in [0.1, 0.15) is 27.1 Å². The van der Waals surface area contributed by atoms with Crippen LogP contribution in [0.4, 0.5) is 4.39 Å². The maximum absolute atomic E-state index is 13.1. The molecule has 0 amide bonds. The summed E-state index contributed by atoms with van der Waals surface area (Å²) in [6.07, 6.45) is 0. The quantitative estimate of drug-likeness (QED) is 0.632. The molecule has 0 bridgehead atoms. The van der Waals surface area contributed by atoms with Crippen LogP contribution >= 0.6 is 27.5 Å². The standard InChI is InChI=1S/C15H13BrClF/c1-9-3-4-10(2)13(7-9)15(16)12-6-5-11(18)8-14(12)17/h3-8,15H,1-2H3. The molecule has 0 fully saturated rings. The van der Waals surface area contributed by atoms with E-state index >= 15 is 0 Å². The first-order chi connectivity index (χ1) is 8.49. The predicted octanol–water partition coefficient (Wildman–Crippen LogP) is 5.58. The third kappa shape index (κ3) is 2.76. The Bertz CT molecular complexity index is 581. The zero-order valence-electron chi connectivity index (χ0n) is 10.2. The summed E-state index contributed by atoms with van der Waals surface area (Å²) in [6.45, 7) is 4.11. The zero-order chi connectivity index (χ0) is 13.3. The van der Waals surface area contributed by atoms with E-state index in [0.717, 1.165) is 11.1 Å². The van der Waals surface area contributed by atoms with Crippen LogP contribution in [-0.4, -0.2) is 0 Å². The van der Waals surface area contributed by atoms with E-state index < -0.39 is 0 Å². The average Bonchev–Trinajstić information content (AvgIpc) is 2.31. The zero-order valence-corrected chi connectivity index (χ0v) is 12.5. The Hall–Kier alpha value is -0.860. The minimum atomic E-state index is -0.315. The Labute approximate surface area is 120 Å². The van der Waals surface area contributed by atoms with Gasteiger partial charge in [0.15, 0.2) is 0 Å². The van der Waals surface area contributed by atoms with Gasteiger partial charge in [0.1, 0.15) is 5.82 Å². The summed E-state index contributed by atoms with van der Waals surface area (Å²) < 4.78 is 13.1. The van der Waals surface area contributed by atoms with Crippen molar-refractivity contribution in [2.75, 3.05) is 0 Å². The van der Waals surface area contributed by atoms with Crippen LogP contribution in [0.2, 0.25) is 5.02 Å². The number of halogens is 3. The van der Waals surface area contributed by atoms with Gasteiger partial charge in [0.05, 0.1) is 4.83 Å². The van der Waals surface area contributed by atoms with Crippen molar-refractivity contribution in [3.8, 4) is 0 Å². The Morgan fingerprint density at radius 1 is 1.06 bits per heavy atom. The lowest BCUT2D eigenvalue weighted by Crippen LogP contribution is -1.98. The maximum atomic E-state index is 13.1. The molecule has 1 atom stereocenters. The van der Waals surface area contributed by atoms with E-state index in [0.29, 0.717) is 5.02 Å². The van der Waals surface area contributed by atoms with Crippen molar-refractivity contribution in [1.82, 2.24) is 0 Å². The molecule has 18 heavy (non-hydrogen) atoms. The Balaban J connectivity index is 2.47. The third-order valence-electron chi connectivity index (χ3n) is 2.94. The Morgan fingerprint density at radius 2 is 1.78 bits per heavy atom. The van der Waals surface area contributed by atoms with Gasteiger partial charge in [-0.2, -0.15) is 0 Å². The third-order valence-corrected chi connectivity index (χ3v) is 4.26. The van der Waals surface area contributed by atoms with E-state index in [1.807, 2.05) is 0 Å². The fraction of sp³-hybridized carbons (Fsp3) is 0.200. The van der Waals surface area contributed by atoms with Crippen LogP contribution in [-0.2, 0) is 0 Å². The normalized spacial score (nSPS) is 12.5. The molecule has 0 aliphatic rings. The van der Waals surface area contributed by atoms with Gasteiger partial charge in [-0.05, 0) is 42.7 Å². The molecule has 0 saturated heterocycles. The number of hydrogen-bond acceptors (Lipinski definition) is 0. The van der Waals surface area contributed by atoms with Crippen LogP contribution < -0.4 is 0 Å². The maximum Gasteiger partial charge on any atom is 0.124 e. The molecule has 0 N–H and O–H groups in total. The Kier molecular flexibility index (Phi) is 4.08. The van der Waals surface area contributed by atoms with Crippen molar-refractivity contribution in [3.63, 3.8) is 0 Å². The van der Waals surface area contributed by atoms with Crippen molar-refractivity contribution in [1.29, 1.82) is 0 Å². The molecule has 0 radical (unpaired) electrons. The summed E-state index contributed by atoms with van der Waals surface area (Å²) in [7, 11) is 0. The average molecular weight is 328 g/mol. The molecule has 94 valence electrons. The van der Waals surface area contributed by atoms with Crippen molar-refractivity contribution >= 4 is 27.5 Å². The summed E-state index contributed by atoms with van der Waals surface area (Å²) in [5.41, 5.74) is 4.41. The summed E-state index contributed by atoms with van der Waals surface area (Å²) in [6, 6.07) is 10.8. The molecule has 0 aliphatic carbocycles. The largest absolute Gasteiger partial charge is 0.207 e. The van der Waals surface area contributed by atoms with E-state index in [1.165, 1.54) is 23.3 Å². The summed E-state index contributed by atoms with van der Waals surface area (Å²) in [5, 5.41) is 0.442. The highest BCUT2D eigenvalue weighted by molar-refractivity contribution is 9.09. The molecule has 1 unspecified atom stereocenters. The lowest BCUT2D eigenvalue weighted by atomic mass is 9.98. The van der Waals surface area contributed by atoms with Crippen LogP contribution in [0, 0.1) is 19.7 Å². The molecule has 0 heterocycles. The molecule has 2 rings (SSSR count). The lowest BCUT2D eigenvalue weighted by Gasteiger charge is -2.16. The summed E-state index contributed by atoms with van der Waals surface area (Å²) >= 11 is 9.74. The van der Waals surface area contributed by atoms with Crippen LogP contribution in [0.3, 0.4) is 0 Å². The smallest absolute Gasteiger partial charge is 0.124 e. The van der Waals surface area contributed by atoms with Gasteiger partial charge in [0.25, 0.3) is 0 Å². The number of hydrogen-bond donors (Lipinski definition) is 0.